The number of aliphatic hydroxyl groups is 1. The molecule has 0 spiro atoms. The SMILES string of the molecule is CC(C)C(C(=O)O)C(O)c1ccccc1Cl. The molecule has 0 aliphatic carbocycles. The maximum atomic E-state index is 11.1. The van der Waals surface area contributed by atoms with Crippen LogP contribution in [-0.4, -0.2) is 16.2 Å². The topological polar surface area (TPSA) is 57.5 Å². The summed E-state index contributed by atoms with van der Waals surface area (Å²) in [6.45, 7) is 3.53. The number of aliphatic carboxylic acids is 1. The Morgan fingerprint density at radius 3 is 2.31 bits per heavy atom. The zero-order valence-corrected chi connectivity index (χ0v) is 9.98. The summed E-state index contributed by atoms with van der Waals surface area (Å²) in [7, 11) is 0. The molecule has 0 saturated heterocycles. The monoisotopic (exact) mass is 242 g/mol. The van der Waals surface area contributed by atoms with Crippen molar-refractivity contribution in [1.82, 2.24) is 0 Å². The Morgan fingerprint density at radius 1 is 1.31 bits per heavy atom. The standard InChI is InChI=1S/C12H15ClO3/c1-7(2)10(12(15)16)11(14)8-5-3-4-6-9(8)13/h3-7,10-11,14H,1-2H3,(H,15,16). The van der Waals surface area contributed by atoms with Crippen molar-refractivity contribution in [3.63, 3.8) is 0 Å². The molecule has 4 heteroatoms. The third-order valence-corrected chi connectivity index (χ3v) is 2.91. The van der Waals surface area contributed by atoms with E-state index in [-0.39, 0.29) is 5.92 Å². The van der Waals surface area contributed by atoms with Crippen LogP contribution in [0.25, 0.3) is 0 Å². The van der Waals surface area contributed by atoms with E-state index in [2.05, 4.69) is 0 Å². The van der Waals surface area contributed by atoms with Gasteiger partial charge in [0.1, 0.15) is 0 Å². The molecule has 2 unspecified atom stereocenters. The van der Waals surface area contributed by atoms with Gasteiger partial charge in [-0.2, -0.15) is 0 Å². The Balaban J connectivity index is 3.04. The number of carbonyl (C=O) groups is 1. The molecule has 0 fully saturated rings. The molecule has 0 aliphatic rings. The van der Waals surface area contributed by atoms with Crippen LogP contribution < -0.4 is 0 Å². The molecule has 0 radical (unpaired) electrons. The lowest BCUT2D eigenvalue weighted by Gasteiger charge is -2.23. The van der Waals surface area contributed by atoms with Crippen LogP contribution in [0.5, 0.6) is 0 Å². The Labute approximate surface area is 99.7 Å². The highest BCUT2D eigenvalue weighted by atomic mass is 35.5. The molecule has 1 aromatic carbocycles. The quantitative estimate of drug-likeness (QED) is 0.854. The average molecular weight is 243 g/mol. The summed E-state index contributed by atoms with van der Waals surface area (Å²) in [4.78, 5) is 11.1. The van der Waals surface area contributed by atoms with Gasteiger partial charge in [0.2, 0.25) is 0 Å². The fourth-order valence-corrected chi connectivity index (χ4v) is 1.94. The van der Waals surface area contributed by atoms with Crippen molar-refractivity contribution in [2.45, 2.75) is 20.0 Å². The highest BCUT2D eigenvalue weighted by Crippen LogP contribution is 2.32. The van der Waals surface area contributed by atoms with Crippen LogP contribution in [-0.2, 0) is 4.79 Å². The zero-order chi connectivity index (χ0) is 12.3. The van der Waals surface area contributed by atoms with E-state index in [4.69, 9.17) is 16.7 Å². The minimum absolute atomic E-state index is 0.163. The third kappa shape index (κ3) is 2.74. The number of hydrogen-bond acceptors (Lipinski definition) is 2. The molecule has 0 saturated carbocycles. The largest absolute Gasteiger partial charge is 0.481 e. The summed E-state index contributed by atoms with van der Waals surface area (Å²) in [5, 5.41) is 19.5. The van der Waals surface area contributed by atoms with Gasteiger partial charge >= 0.3 is 5.97 Å². The number of halogens is 1. The van der Waals surface area contributed by atoms with E-state index in [9.17, 15) is 9.90 Å². The minimum atomic E-state index is -1.08. The summed E-state index contributed by atoms with van der Waals surface area (Å²) in [6.07, 6.45) is -1.08. The smallest absolute Gasteiger partial charge is 0.309 e. The Kier molecular flexibility index (Phi) is 4.33. The summed E-state index contributed by atoms with van der Waals surface area (Å²) >= 11 is 5.92. The van der Waals surface area contributed by atoms with Crippen molar-refractivity contribution in [2.75, 3.05) is 0 Å². The molecule has 3 nitrogen and oxygen atoms in total. The van der Waals surface area contributed by atoms with E-state index in [1.807, 2.05) is 0 Å². The number of rotatable bonds is 4. The van der Waals surface area contributed by atoms with Gasteiger partial charge < -0.3 is 10.2 Å². The van der Waals surface area contributed by atoms with Crippen molar-refractivity contribution in [2.24, 2.45) is 11.8 Å². The average Bonchev–Trinajstić information content (AvgIpc) is 2.16. The highest BCUT2D eigenvalue weighted by molar-refractivity contribution is 6.31. The molecule has 0 aromatic heterocycles. The first kappa shape index (κ1) is 13.0. The van der Waals surface area contributed by atoms with Crippen molar-refractivity contribution in [3.05, 3.63) is 34.9 Å². The van der Waals surface area contributed by atoms with Crippen molar-refractivity contribution >= 4 is 17.6 Å². The lowest BCUT2D eigenvalue weighted by Crippen LogP contribution is -2.27. The van der Waals surface area contributed by atoms with Crippen LogP contribution in [0.3, 0.4) is 0 Å². The second-order valence-corrected chi connectivity index (χ2v) is 4.48. The van der Waals surface area contributed by atoms with Crippen LogP contribution in [0.2, 0.25) is 5.02 Å². The van der Waals surface area contributed by atoms with E-state index in [1.165, 1.54) is 0 Å². The van der Waals surface area contributed by atoms with Gasteiger partial charge in [0.05, 0.1) is 12.0 Å². The van der Waals surface area contributed by atoms with Gasteiger partial charge in [0.25, 0.3) is 0 Å². The van der Waals surface area contributed by atoms with E-state index < -0.39 is 18.0 Å². The number of benzene rings is 1. The fraction of sp³-hybridized carbons (Fsp3) is 0.417. The van der Waals surface area contributed by atoms with E-state index in [0.29, 0.717) is 10.6 Å². The van der Waals surface area contributed by atoms with Crippen LogP contribution in [0.1, 0.15) is 25.5 Å². The third-order valence-electron chi connectivity index (χ3n) is 2.57. The Bertz CT molecular complexity index is 376. The Morgan fingerprint density at radius 2 is 1.88 bits per heavy atom. The second-order valence-electron chi connectivity index (χ2n) is 4.07. The van der Waals surface area contributed by atoms with Gasteiger partial charge in [-0.25, -0.2) is 0 Å². The summed E-state index contributed by atoms with van der Waals surface area (Å²) in [5.74, 6) is -2.02. The molecule has 1 aromatic rings. The van der Waals surface area contributed by atoms with E-state index in [1.54, 1.807) is 38.1 Å². The molecule has 0 amide bonds. The fourth-order valence-electron chi connectivity index (χ4n) is 1.69. The van der Waals surface area contributed by atoms with Gasteiger partial charge in [-0.15, -0.1) is 0 Å². The van der Waals surface area contributed by atoms with Gasteiger partial charge in [0.15, 0.2) is 0 Å². The minimum Gasteiger partial charge on any atom is -0.481 e. The molecule has 0 heterocycles. The lowest BCUT2D eigenvalue weighted by atomic mass is 9.86. The predicted molar refractivity (Wildman–Crippen MR) is 62.4 cm³/mol. The first-order chi connectivity index (χ1) is 7.45. The van der Waals surface area contributed by atoms with Crippen LogP contribution in [0.4, 0.5) is 0 Å². The van der Waals surface area contributed by atoms with Gasteiger partial charge in [-0.3, -0.25) is 4.79 Å². The highest BCUT2D eigenvalue weighted by Gasteiger charge is 2.31. The molecule has 0 bridgehead atoms. The van der Waals surface area contributed by atoms with Crippen LogP contribution in [0.15, 0.2) is 24.3 Å². The summed E-state index contributed by atoms with van der Waals surface area (Å²) in [5.41, 5.74) is 0.463. The maximum absolute atomic E-state index is 11.1. The van der Waals surface area contributed by atoms with Gasteiger partial charge in [-0.05, 0) is 17.5 Å². The Hall–Kier alpha value is -1.06. The number of hydrogen-bond donors (Lipinski definition) is 2. The number of carboxylic acid groups (broad SMARTS) is 1. The molecule has 0 aliphatic heterocycles. The first-order valence-electron chi connectivity index (χ1n) is 5.10. The molecule has 2 atom stereocenters. The molecule has 2 N–H and O–H groups in total. The molecule has 16 heavy (non-hydrogen) atoms. The first-order valence-corrected chi connectivity index (χ1v) is 5.48. The zero-order valence-electron chi connectivity index (χ0n) is 9.22. The van der Waals surface area contributed by atoms with Gasteiger partial charge in [-0.1, -0.05) is 43.6 Å². The maximum Gasteiger partial charge on any atom is 0.309 e. The molecular weight excluding hydrogens is 228 g/mol. The molecular formula is C12H15ClO3. The van der Waals surface area contributed by atoms with Crippen LogP contribution in [0, 0.1) is 11.8 Å². The van der Waals surface area contributed by atoms with Crippen molar-refractivity contribution in [3.8, 4) is 0 Å². The predicted octanol–water partition coefficient (Wildman–Crippen LogP) is 2.73. The summed E-state index contributed by atoms with van der Waals surface area (Å²) < 4.78 is 0. The molecule has 88 valence electrons. The van der Waals surface area contributed by atoms with Gasteiger partial charge in [0, 0.05) is 5.02 Å². The van der Waals surface area contributed by atoms with Crippen LogP contribution >= 0.6 is 11.6 Å². The normalized spacial score (nSPS) is 14.8. The number of carboxylic acids is 1. The van der Waals surface area contributed by atoms with E-state index in [0.717, 1.165) is 0 Å². The number of aliphatic hydroxyl groups excluding tert-OH is 1. The van der Waals surface area contributed by atoms with Crippen molar-refractivity contribution < 1.29 is 15.0 Å². The second kappa shape index (κ2) is 5.32. The van der Waals surface area contributed by atoms with E-state index >= 15 is 0 Å². The summed E-state index contributed by atoms with van der Waals surface area (Å²) in [6, 6.07) is 6.75. The lowest BCUT2D eigenvalue weighted by molar-refractivity contribution is -0.148. The molecule has 1 rings (SSSR count). The van der Waals surface area contributed by atoms with Crippen molar-refractivity contribution in [1.29, 1.82) is 0 Å².